The Bertz CT molecular complexity index is 452. The molecule has 1 heteroatoms. The predicted molar refractivity (Wildman–Crippen MR) is 57.1 cm³/mol. The van der Waals surface area contributed by atoms with Crippen LogP contribution in [0.1, 0.15) is 24.0 Å². The molecule has 0 radical (unpaired) electrons. The number of fused-ring (bicyclic) bond motifs is 2. The maximum absolute atomic E-state index is 9.39. The Morgan fingerprint density at radius 1 is 1.21 bits per heavy atom. The van der Waals surface area contributed by atoms with Crippen LogP contribution < -0.4 is 0 Å². The number of hydrogen-bond donors (Lipinski definition) is 1. The number of phenolic OH excluding ortho intramolecular Hbond substituents is 1. The lowest BCUT2D eigenvalue weighted by molar-refractivity contribution is 0.474. The van der Waals surface area contributed by atoms with E-state index >= 15 is 0 Å². The Morgan fingerprint density at radius 3 is 3.07 bits per heavy atom. The van der Waals surface area contributed by atoms with Gasteiger partial charge in [0, 0.05) is 0 Å². The minimum Gasteiger partial charge on any atom is -0.508 e. The number of phenols is 1. The van der Waals surface area contributed by atoms with Gasteiger partial charge >= 0.3 is 0 Å². The molecule has 1 N–H and O–H groups in total. The molecule has 0 spiro atoms. The molecule has 14 heavy (non-hydrogen) atoms. The molecule has 0 aliphatic heterocycles. The van der Waals surface area contributed by atoms with Gasteiger partial charge in [0.15, 0.2) is 0 Å². The third kappa shape index (κ3) is 1.02. The minimum absolute atomic E-state index is 0.382. The van der Waals surface area contributed by atoms with E-state index in [0.717, 1.165) is 6.42 Å². The van der Waals surface area contributed by atoms with Gasteiger partial charge in [0.2, 0.25) is 0 Å². The maximum atomic E-state index is 9.39. The van der Waals surface area contributed by atoms with E-state index in [1.165, 1.54) is 35.1 Å². The van der Waals surface area contributed by atoms with Crippen molar-refractivity contribution in [1.82, 2.24) is 0 Å². The fourth-order valence-corrected chi connectivity index (χ4v) is 2.39. The first kappa shape index (κ1) is 7.86. The van der Waals surface area contributed by atoms with E-state index < -0.39 is 0 Å². The number of benzene rings is 1. The van der Waals surface area contributed by atoms with E-state index in [-0.39, 0.29) is 0 Å². The Morgan fingerprint density at radius 2 is 2.14 bits per heavy atom. The van der Waals surface area contributed by atoms with Gasteiger partial charge in [0.05, 0.1) is 0 Å². The summed E-state index contributed by atoms with van der Waals surface area (Å²) in [6, 6.07) is 5.70. The fourth-order valence-electron chi connectivity index (χ4n) is 2.39. The van der Waals surface area contributed by atoms with Crippen LogP contribution >= 0.6 is 0 Å². The molecule has 0 heterocycles. The predicted octanol–water partition coefficient (Wildman–Crippen LogP) is 3.05. The first-order valence-electron chi connectivity index (χ1n) is 5.05. The van der Waals surface area contributed by atoms with Crippen LogP contribution in [-0.4, -0.2) is 5.11 Å². The first-order valence-corrected chi connectivity index (χ1v) is 5.05. The Kier molecular flexibility index (Phi) is 1.54. The van der Waals surface area contributed by atoms with Crippen molar-refractivity contribution in [3.63, 3.8) is 0 Å². The Balaban J connectivity index is 2.15. The van der Waals surface area contributed by atoms with E-state index in [2.05, 4.69) is 12.2 Å². The molecule has 0 saturated carbocycles. The highest BCUT2D eigenvalue weighted by molar-refractivity contribution is 5.84. The summed E-state index contributed by atoms with van der Waals surface area (Å²) >= 11 is 0. The molecule has 0 bridgehead atoms. The van der Waals surface area contributed by atoms with Gasteiger partial charge in [-0.15, -0.1) is 0 Å². The van der Waals surface area contributed by atoms with Gasteiger partial charge in [-0.3, -0.25) is 0 Å². The molecule has 0 amide bonds. The smallest absolute Gasteiger partial charge is 0.115 e. The van der Waals surface area contributed by atoms with Crippen LogP contribution in [0.3, 0.4) is 0 Å². The Hall–Kier alpha value is -1.50. The van der Waals surface area contributed by atoms with Gasteiger partial charge in [0.25, 0.3) is 0 Å². The van der Waals surface area contributed by atoms with Crippen LogP contribution in [0, 0.1) is 0 Å². The molecule has 0 fully saturated rings. The van der Waals surface area contributed by atoms with Gasteiger partial charge in [-0.25, -0.2) is 0 Å². The summed E-state index contributed by atoms with van der Waals surface area (Å²) in [5, 5.41) is 9.39. The van der Waals surface area contributed by atoms with Crippen molar-refractivity contribution in [2.24, 2.45) is 0 Å². The van der Waals surface area contributed by atoms with Gasteiger partial charge in [-0.1, -0.05) is 23.8 Å². The SMILES string of the molecule is Oc1ccc2c(c1)CC1=C2C=CCC1. The molecule has 1 aromatic rings. The lowest BCUT2D eigenvalue weighted by Gasteiger charge is -2.07. The second-order valence-corrected chi connectivity index (χ2v) is 3.98. The van der Waals surface area contributed by atoms with Gasteiger partial charge < -0.3 is 5.11 Å². The van der Waals surface area contributed by atoms with Crippen molar-refractivity contribution in [2.75, 3.05) is 0 Å². The zero-order valence-corrected chi connectivity index (χ0v) is 7.96. The van der Waals surface area contributed by atoms with Crippen LogP contribution in [0.4, 0.5) is 0 Å². The quantitative estimate of drug-likeness (QED) is 0.657. The number of rotatable bonds is 0. The van der Waals surface area contributed by atoms with Crippen molar-refractivity contribution >= 4 is 5.57 Å². The average Bonchev–Trinajstić information content (AvgIpc) is 2.54. The van der Waals surface area contributed by atoms with Gasteiger partial charge in [-0.2, -0.15) is 0 Å². The average molecular weight is 184 g/mol. The van der Waals surface area contributed by atoms with Gasteiger partial charge in [0.1, 0.15) is 5.75 Å². The van der Waals surface area contributed by atoms with Crippen LogP contribution in [0.5, 0.6) is 5.75 Å². The van der Waals surface area contributed by atoms with E-state index in [4.69, 9.17) is 0 Å². The van der Waals surface area contributed by atoms with E-state index in [1.54, 1.807) is 6.07 Å². The molecule has 2 aliphatic carbocycles. The highest BCUT2D eigenvalue weighted by atomic mass is 16.3. The molecule has 0 saturated heterocycles. The molecule has 1 aromatic carbocycles. The maximum Gasteiger partial charge on any atom is 0.115 e. The van der Waals surface area contributed by atoms with E-state index in [0.29, 0.717) is 5.75 Å². The highest BCUT2D eigenvalue weighted by Gasteiger charge is 2.20. The lowest BCUT2D eigenvalue weighted by atomic mass is 9.98. The van der Waals surface area contributed by atoms with Crippen LogP contribution in [-0.2, 0) is 6.42 Å². The van der Waals surface area contributed by atoms with Crippen molar-refractivity contribution in [3.05, 3.63) is 47.1 Å². The highest BCUT2D eigenvalue weighted by Crippen LogP contribution is 2.39. The molecular formula is C13H12O. The summed E-state index contributed by atoms with van der Waals surface area (Å²) < 4.78 is 0. The molecule has 1 nitrogen and oxygen atoms in total. The summed E-state index contributed by atoms with van der Waals surface area (Å²) in [7, 11) is 0. The van der Waals surface area contributed by atoms with Crippen molar-refractivity contribution < 1.29 is 5.11 Å². The molecule has 0 atom stereocenters. The normalized spacial score (nSPS) is 18.3. The van der Waals surface area contributed by atoms with Crippen molar-refractivity contribution in [2.45, 2.75) is 19.3 Å². The monoisotopic (exact) mass is 184 g/mol. The molecule has 0 unspecified atom stereocenters. The number of aromatic hydroxyl groups is 1. The lowest BCUT2D eigenvalue weighted by Crippen LogP contribution is -1.87. The third-order valence-electron chi connectivity index (χ3n) is 3.06. The standard InChI is InChI=1S/C13H12O/c14-11-5-6-13-10(8-11)7-9-3-1-2-4-12(9)13/h2,4-6,8,14H,1,3,7H2. The van der Waals surface area contributed by atoms with Crippen LogP contribution in [0.15, 0.2) is 35.9 Å². The van der Waals surface area contributed by atoms with Crippen LogP contribution in [0.2, 0.25) is 0 Å². The van der Waals surface area contributed by atoms with Crippen LogP contribution in [0.25, 0.3) is 5.57 Å². The minimum atomic E-state index is 0.382. The molecular weight excluding hydrogens is 172 g/mol. The zero-order chi connectivity index (χ0) is 9.54. The first-order chi connectivity index (χ1) is 6.84. The molecule has 70 valence electrons. The fraction of sp³-hybridized carbons (Fsp3) is 0.231. The largest absolute Gasteiger partial charge is 0.508 e. The van der Waals surface area contributed by atoms with Gasteiger partial charge in [-0.05, 0) is 48.1 Å². The third-order valence-corrected chi connectivity index (χ3v) is 3.06. The summed E-state index contributed by atoms with van der Waals surface area (Å²) in [5.74, 6) is 0.382. The molecule has 0 aromatic heterocycles. The summed E-state index contributed by atoms with van der Waals surface area (Å²) in [5.41, 5.74) is 5.52. The van der Waals surface area contributed by atoms with E-state index in [9.17, 15) is 5.11 Å². The van der Waals surface area contributed by atoms with Crippen molar-refractivity contribution in [3.8, 4) is 5.75 Å². The topological polar surface area (TPSA) is 20.2 Å². The second kappa shape index (κ2) is 2.74. The van der Waals surface area contributed by atoms with Crippen molar-refractivity contribution in [1.29, 1.82) is 0 Å². The zero-order valence-electron chi connectivity index (χ0n) is 7.96. The molecule has 2 aliphatic rings. The number of allylic oxidation sites excluding steroid dienone is 4. The molecule has 3 rings (SSSR count). The summed E-state index contributed by atoms with van der Waals surface area (Å²) in [6.45, 7) is 0. The summed E-state index contributed by atoms with van der Waals surface area (Å²) in [4.78, 5) is 0. The summed E-state index contributed by atoms with van der Waals surface area (Å²) in [6.07, 6.45) is 7.84. The second-order valence-electron chi connectivity index (χ2n) is 3.98. The number of hydrogen-bond acceptors (Lipinski definition) is 1. The Labute approximate surface area is 83.4 Å². The van der Waals surface area contributed by atoms with E-state index in [1.807, 2.05) is 12.1 Å².